The number of amides is 1. The molecule has 0 radical (unpaired) electrons. The highest BCUT2D eigenvalue weighted by molar-refractivity contribution is 7.10. The van der Waals surface area contributed by atoms with Gasteiger partial charge in [0.2, 0.25) is 5.91 Å². The summed E-state index contributed by atoms with van der Waals surface area (Å²) >= 11 is 1.44. The Balaban J connectivity index is 0.000000302. The van der Waals surface area contributed by atoms with E-state index in [0.717, 1.165) is 22.4 Å². The van der Waals surface area contributed by atoms with Crippen molar-refractivity contribution in [3.05, 3.63) is 34.2 Å². The molecule has 0 saturated carbocycles. The van der Waals surface area contributed by atoms with Crippen molar-refractivity contribution in [2.75, 3.05) is 11.9 Å². The summed E-state index contributed by atoms with van der Waals surface area (Å²) < 4.78 is 42.4. The number of halogens is 3. The number of anilines is 1. The minimum atomic E-state index is -4.39. The Bertz CT molecular complexity index is 1250. The fourth-order valence-electron chi connectivity index (χ4n) is 4.81. The first-order valence-corrected chi connectivity index (χ1v) is 13.6. The topological polar surface area (TPSA) is 182 Å². The molecular formula is C25H31F3N4O8S. The van der Waals surface area contributed by atoms with E-state index in [-0.39, 0.29) is 24.3 Å². The van der Waals surface area contributed by atoms with Gasteiger partial charge in [0, 0.05) is 29.8 Å². The highest BCUT2D eigenvalue weighted by Gasteiger charge is 2.47. The number of carboxylic acids is 3. The van der Waals surface area contributed by atoms with Gasteiger partial charge in [-0.25, -0.2) is 9.48 Å². The van der Waals surface area contributed by atoms with Crippen LogP contribution in [0, 0.1) is 5.92 Å². The van der Waals surface area contributed by atoms with E-state index in [2.05, 4.69) is 10.4 Å². The number of aromatic nitrogens is 2. The zero-order valence-corrected chi connectivity index (χ0v) is 23.0. The predicted octanol–water partition coefficient (Wildman–Crippen LogP) is 3.68. The molecule has 3 atom stereocenters. The van der Waals surface area contributed by atoms with Gasteiger partial charge in [-0.15, -0.1) is 11.3 Å². The van der Waals surface area contributed by atoms with Crippen LogP contribution in [0.25, 0.3) is 0 Å². The third-order valence-electron chi connectivity index (χ3n) is 6.75. The third-order valence-corrected chi connectivity index (χ3v) is 7.74. The molecule has 5 N–H and O–H groups in total. The minimum absolute atomic E-state index is 0.0188. The first-order chi connectivity index (χ1) is 19.0. The molecule has 4 rings (SSSR count). The summed E-state index contributed by atoms with van der Waals surface area (Å²) in [5.41, 5.74) is -2.20. The van der Waals surface area contributed by atoms with Crippen molar-refractivity contribution in [1.82, 2.24) is 14.7 Å². The maximum Gasteiger partial charge on any atom is 0.410 e. The standard InChI is InChI=1S/C19H23F3N4OS.C6H8O7/c1-11(2)18(27)25-7-3-5-14(25)12-10-17-23-13(15-6-4-8-28-15)9-16(19(20,21)22)26(17)24-12;7-3(8)1-6(13,5(11)12)2-4(9)10/h4,6,8,10-11,13-14,16,23H,3,5,7,9H2,1-2H3;13H,1-2H2,(H,7,8)(H,9,10)(H,11,12)/t13-,14?,16+;/m0./s1. The van der Waals surface area contributed by atoms with Gasteiger partial charge in [-0.2, -0.15) is 18.3 Å². The molecule has 0 aliphatic carbocycles. The van der Waals surface area contributed by atoms with E-state index in [1.165, 1.54) is 11.3 Å². The van der Waals surface area contributed by atoms with Crippen molar-refractivity contribution in [3.63, 3.8) is 0 Å². The van der Waals surface area contributed by atoms with Gasteiger partial charge in [0.05, 0.1) is 30.6 Å². The molecule has 16 heteroatoms. The minimum Gasteiger partial charge on any atom is -0.481 e. The smallest absolute Gasteiger partial charge is 0.410 e. The Hall–Kier alpha value is -3.66. The Morgan fingerprint density at radius 3 is 2.27 bits per heavy atom. The lowest BCUT2D eigenvalue weighted by atomic mass is 9.96. The summed E-state index contributed by atoms with van der Waals surface area (Å²) in [6.45, 7) is 4.30. The molecule has 2 aliphatic rings. The number of fused-ring (bicyclic) bond motifs is 1. The normalized spacial score (nSPS) is 20.6. The average Bonchev–Trinajstić information content (AvgIpc) is 3.61. The van der Waals surface area contributed by atoms with Crippen LogP contribution >= 0.6 is 11.3 Å². The molecule has 0 bridgehead atoms. The number of nitrogens with one attached hydrogen (secondary N) is 1. The molecule has 2 aromatic heterocycles. The fourth-order valence-corrected chi connectivity index (χ4v) is 5.61. The number of likely N-dealkylation sites (tertiary alicyclic amines) is 1. The first kappa shape index (κ1) is 31.9. The van der Waals surface area contributed by atoms with Gasteiger partial charge in [0.15, 0.2) is 11.6 Å². The van der Waals surface area contributed by atoms with E-state index in [9.17, 15) is 32.3 Å². The second-order valence-corrected chi connectivity index (χ2v) is 11.2. The second kappa shape index (κ2) is 12.5. The number of nitrogens with zero attached hydrogens (tertiary/aromatic N) is 3. The summed E-state index contributed by atoms with van der Waals surface area (Å²) in [5, 5.41) is 43.2. The molecular weight excluding hydrogens is 573 g/mol. The Kier molecular flexibility index (Phi) is 9.69. The zero-order valence-electron chi connectivity index (χ0n) is 22.2. The summed E-state index contributed by atoms with van der Waals surface area (Å²) in [6, 6.07) is 3.04. The lowest BCUT2D eigenvalue weighted by Gasteiger charge is -2.32. The fraction of sp³-hybridized carbons (Fsp3) is 0.560. The van der Waals surface area contributed by atoms with Crippen LogP contribution in [0.1, 0.15) is 74.6 Å². The van der Waals surface area contributed by atoms with E-state index in [4.69, 9.17) is 20.4 Å². The molecule has 41 heavy (non-hydrogen) atoms. The SMILES string of the molecule is CC(C)C(=O)N1CCCC1c1cc2n(n1)[C@@H](C(F)(F)F)C[C@@H](c1cccs1)N2.O=C(O)CC(O)(CC(=O)O)C(=O)O. The van der Waals surface area contributed by atoms with Crippen LogP contribution in [0.4, 0.5) is 19.0 Å². The van der Waals surface area contributed by atoms with E-state index >= 15 is 0 Å². The number of carbonyl (C=O) groups excluding carboxylic acids is 1. The van der Waals surface area contributed by atoms with Crippen molar-refractivity contribution in [2.24, 2.45) is 5.92 Å². The van der Waals surface area contributed by atoms with Crippen LogP contribution in [0.2, 0.25) is 0 Å². The van der Waals surface area contributed by atoms with Crippen LogP contribution in [-0.2, 0) is 19.2 Å². The van der Waals surface area contributed by atoms with Gasteiger partial charge in [-0.1, -0.05) is 19.9 Å². The van der Waals surface area contributed by atoms with Crippen molar-refractivity contribution in [1.29, 1.82) is 0 Å². The Morgan fingerprint density at radius 1 is 1.15 bits per heavy atom. The number of carbonyl (C=O) groups is 4. The van der Waals surface area contributed by atoms with Gasteiger partial charge in [0.1, 0.15) is 5.82 Å². The lowest BCUT2D eigenvalue weighted by molar-refractivity contribution is -0.174. The van der Waals surface area contributed by atoms with Crippen LogP contribution in [0.5, 0.6) is 0 Å². The molecule has 1 saturated heterocycles. The van der Waals surface area contributed by atoms with Gasteiger partial charge in [0.25, 0.3) is 0 Å². The van der Waals surface area contributed by atoms with Crippen LogP contribution in [0.15, 0.2) is 23.6 Å². The summed E-state index contributed by atoms with van der Waals surface area (Å²) in [7, 11) is 0. The van der Waals surface area contributed by atoms with Crippen molar-refractivity contribution in [2.45, 2.75) is 75.9 Å². The maximum absolute atomic E-state index is 13.8. The lowest BCUT2D eigenvalue weighted by Crippen LogP contribution is -2.42. The summed E-state index contributed by atoms with van der Waals surface area (Å²) in [4.78, 5) is 45.6. The van der Waals surface area contributed by atoms with Crippen molar-refractivity contribution in [3.8, 4) is 0 Å². The zero-order chi connectivity index (χ0) is 30.7. The van der Waals surface area contributed by atoms with E-state index < -0.39 is 54.6 Å². The molecule has 12 nitrogen and oxygen atoms in total. The number of rotatable bonds is 8. The molecule has 1 fully saturated rings. The number of hydrogen-bond acceptors (Lipinski definition) is 8. The predicted molar refractivity (Wildman–Crippen MR) is 138 cm³/mol. The third kappa shape index (κ3) is 7.55. The molecule has 0 spiro atoms. The van der Waals surface area contributed by atoms with Crippen LogP contribution in [0.3, 0.4) is 0 Å². The highest BCUT2D eigenvalue weighted by atomic mass is 32.1. The molecule has 0 aromatic carbocycles. The number of aliphatic carboxylic acids is 3. The molecule has 1 unspecified atom stereocenters. The number of aliphatic hydroxyl groups is 1. The summed E-state index contributed by atoms with van der Waals surface area (Å²) in [6.07, 6.45) is -5.22. The summed E-state index contributed by atoms with van der Waals surface area (Å²) in [5.74, 6) is -4.78. The van der Waals surface area contributed by atoms with Gasteiger partial charge >= 0.3 is 24.1 Å². The van der Waals surface area contributed by atoms with Crippen LogP contribution < -0.4 is 5.32 Å². The van der Waals surface area contributed by atoms with Gasteiger partial charge in [-0.05, 0) is 24.3 Å². The maximum atomic E-state index is 13.8. The second-order valence-electron chi connectivity index (χ2n) is 10.2. The highest BCUT2D eigenvalue weighted by Crippen LogP contribution is 2.45. The number of thiophene rings is 1. The van der Waals surface area contributed by atoms with E-state index in [0.29, 0.717) is 18.1 Å². The van der Waals surface area contributed by atoms with Gasteiger partial charge in [-0.3, -0.25) is 14.4 Å². The average molecular weight is 605 g/mol. The largest absolute Gasteiger partial charge is 0.481 e. The quantitative estimate of drug-likeness (QED) is 0.298. The van der Waals surface area contributed by atoms with Crippen molar-refractivity contribution < 1.29 is 52.8 Å². The Morgan fingerprint density at radius 2 is 1.78 bits per heavy atom. The molecule has 226 valence electrons. The Labute approximate surface area is 236 Å². The number of alkyl halides is 3. The number of hydrogen-bond donors (Lipinski definition) is 5. The first-order valence-electron chi connectivity index (χ1n) is 12.7. The molecule has 1 amide bonds. The monoisotopic (exact) mass is 604 g/mol. The molecule has 2 aliphatic heterocycles. The van der Waals surface area contributed by atoms with E-state index in [1.807, 2.05) is 31.4 Å². The van der Waals surface area contributed by atoms with Crippen LogP contribution in [-0.4, -0.2) is 77.2 Å². The number of carboxylic acid groups (broad SMARTS) is 3. The van der Waals surface area contributed by atoms with Crippen molar-refractivity contribution >= 4 is 41.0 Å². The molecule has 2 aromatic rings. The molecule has 4 heterocycles. The van der Waals surface area contributed by atoms with Gasteiger partial charge < -0.3 is 30.6 Å². The van der Waals surface area contributed by atoms with E-state index in [1.54, 1.807) is 11.0 Å².